The Bertz CT molecular complexity index is 3510. The molecule has 10 aromatic carbocycles. The third-order valence-corrected chi connectivity index (χ3v) is 12.9. The van der Waals surface area contributed by atoms with Crippen LogP contribution in [0.5, 0.6) is 0 Å². The molecule has 0 fully saturated rings. The first-order chi connectivity index (χ1) is 31.1. The minimum atomic E-state index is 0.398. The van der Waals surface area contributed by atoms with Gasteiger partial charge in [-0.15, -0.1) is 0 Å². The molecule has 1 aromatic heterocycles. The number of benzene rings is 10. The smallest absolute Gasteiger partial charge is 0.0702 e. The lowest BCUT2D eigenvalue weighted by Gasteiger charge is -2.22. The molecule has 298 valence electrons. The lowest BCUT2D eigenvalue weighted by atomic mass is 9.81. The van der Waals surface area contributed by atoms with Crippen LogP contribution in [-0.2, 0) is 0 Å². The first-order valence-corrected chi connectivity index (χ1v) is 21.9. The number of para-hydroxylation sites is 1. The van der Waals surface area contributed by atoms with E-state index in [1.807, 2.05) is 12.3 Å². The van der Waals surface area contributed by atoms with E-state index >= 15 is 0 Å². The van der Waals surface area contributed by atoms with Crippen molar-refractivity contribution in [2.45, 2.75) is 19.8 Å². The van der Waals surface area contributed by atoms with Gasteiger partial charge in [-0.05, 0) is 128 Å². The van der Waals surface area contributed by atoms with Crippen molar-refractivity contribution in [3.8, 4) is 44.5 Å². The summed E-state index contributed by atoms with van der Waals surface area (Å²) in [5.74, 6) is 0.398. The maximum atomic E-state index is 4.93. The van der Waals surface area contributed by atoms with Crippen LogP contribution < -0.4 is 0 Å². The van der Waals surface area contributed by atoms with Crippen LogP contribution in [0, 0.1) is 0 Å². The molecule has 0 bridgehead atoms. The second kappa shape index (κ2) is 15.9. The van der Waals surface area contributed by atoms with E-state index in [0.29, 0.717) is 5.92 Å². The summed E-state index contributed by atoms with van der Waals surface area (Å²) in [4.78, 5) is 4.93. The zero-order valence-corrected chi connectivity index (χ0v) is 35.5. The SMILES string of the molecule is C=C/C(=C\c1ccccc1C(C)C)c1c2ccccc2c(-c2ccccc2-c2ccccc2-c2c3ccccc3c(-c3cnc4ccccc4c3)c3ccccc23)c2ccccc12. The molecule has 0 saturated carbocycles. The second-order valence-corrected chi connectivity index (χ2v) is 16.8. The third kappa shape index (κ3) is 6.44. The number of hydrogen-bond acceptors (Lipinski definition) is 1. The van der Waals surface area contributed by atoms with E-state index in [2.05, 4.69) is 227 Å². The van der Waals surface area contributed by atoms with E-state index in [9.17, 15) is 0 Å². The molecular weight excluding hydrogens is 759 g/mol. The summed E-state index contributed by atoms with van der Waals surface area (Å²) in [6, 6.07) is 73.1. The fraction of sp³-hybridized carbons (Fsp3) is 0.0484. The molecular formula is C62H45N. The van der Waals surface area contributed by atoms with Gasteiger partial charge in [0.15, 0.2) is 0 Å². The Labute approximate surface area is 369 Å². The summed E-state index contributed by atoms with van der Waals surface area (Å²) >= 11 is 0. The van der Waals surface area contributed by atoms with Gasteiger partial charge in [0.2, 0.25) is 0 Å². The van der Waals surface area contributed by atoms with Gasteiger partial charge in [-0.2, -0.15) is 0 Å². The summed E-state index contributed by atoms with van der Waals surface area (Å²) in [5, 5.41) is 10.8. The van der Waals surface area contributed by atoms with Gasteiger partial charge in [-0.3, -0.25) is 4.98 Å². The van der Waals surface area contributed by atoms with Crippen molar-refractivity contribution >= 4 is 65.6 Å². The molecule has 0 aliphatic carbocycles. The number of nitrogens with zero attached hydrogens (tertiary/aromatic N) is 1. The maximum Gasteiger partial charge on any atom is 0.0702 e. The number of fused-ring (bicyclic) bond motifs is 5. The highest BCUT2D eigenvalue weighted by atomic mass is 14.6. The normalized spacial score (nSPS) is 12.0. The lowest BCUT2D eigenvalue weighted by Crippen LogP contribution is -1.96. The Kier molecular flexibility index (Phi) is 9.59. The molecule has 0 spiro atoms. The largest absolute Gasteiger partial charge is 0.256 e. The molecule has 0 radical (unpaired) electrons. The number of rotatable bonds is 8. The molecule has 63 heavy (non-hydrogen) atoms. The van der Waals surface area contributed by atoms with E-state index in [1.165, 1.54) is 98.7 Å². The summed E-state index contributed by atoms with van der Waals surface area (Å²) in [5.41, 5.74) is 15.4. The van der Waals surface area contributed by atoms with Crippen LogP contribution in [0.25, 0.3) is 110 Å². The van der Waals surface area contributed by atoms with Crippen LogP contribution in [0.15, 0.2) is 219 Å². The van der Waals surface area contributed by atoms with Crippen molar-refractivity contribution in [3.05, 3.63) is 236 Å². The Morgan fingerprint density at radius 1 is 0.444 bits per heavy atom. The summed E-state index contributed by atoms with van der Waals surface area (Å²) < 4.78 is 0. The van der Waals surface area contributed by atoms with Gasteiger partial charge in [-0.1, -0.05) is 215 Å². The van der Waals surface area contributed by atoms with E-state index in [-0.39, 0.29) is 0 Å². The summed E-state index contributed by atoms with van der Waals surface area (Å²) in [6.45, 7) is 8.93. The zero-order chi connectivity index (χ0) is 42.4. The van der Waals surface area contributed by atoms with E-state index in [4.69, 9.17) is 4.98 Å². The molecule has 0 amide bonds. The second-order valence-electron chi connectivity index (χ2n) is 16.8. The average Bonchev–Trinajstić information content (AvgIpc) is 3.34. The van der Waals surface area contributed by atoms with Gasteiger partial charge in [0.25, 0.3) is 0 Å². The van der Waals surface area contributed by atoms with Crippen LogP contribution in [-0.4, -0.2) is 4.98 Å². The van der Waals surface area contributed by atoms with Gasteiger partial charge in [0, 0.05) is 17.1 Å². The topological polar surface area (TPSA) is 12.9 Å². The number of allylic oxidation sites excluding steroid dienone is 2. The van der Waals surface area contributed by atoms with Crippen molar-refractivity contribution in [3.63, 3.8) is 0 Å². The van der Waals surface area contributed by atoms with Crippen molar-refractivity contribution in [2.75, 3.05) is 0 Å². The van der Waals surface area contributed by atoms with Crippen molar-refractivity contribution in [1.29, 1.82) is 0 Å². The molecule has 1 nitrogen and oxygen atoms in total. The van der Waals surface area contributed by atoms with E-state index < -0.39 is 0 Å². The van der Waals surface area contributed by atoms with Crippen molar-refractivity contribution in [1.82, 2.24) is 4.98 Å². The molecule has 0 aliphatic heterocycles. The minimum absolute atomic E-state index is 0.398. The Morgan fingerprint density at radius 3 is 1.38 bits per heavy atom. The maximum absolute atomic E-state index is 4.93. The molecule has 0 aliphatic rings. The molecule has 1 heterocycles. The predicted octanol–water partition coefficient (Wildman–Crippen LogP) is 17.4. The highest BCUT2D eigenvalue weighted by Gasteiger charge is 2.23. The molecule has 0 atom stereocenters. The van der Waals surface area contributed by atoms with Crippen LogP contribution in [0.3, 0.4) is 0 Å². The molecule has 0 unspecified atom stereocenters. The van der Waals surface area contributed by atoms with Crippen molar-refractivity contribution < 1.29 is 0 Å². The van der Waals surface area contributed by atoms with Gasteiger partial charge in [0.1, 0.15) is 0 Å². The first-order valence-electron chi connectivity index (χ1n) is 21.9. The highest BCUT2D eigenvalue weighted by molar-refractivity contribution is 6.24. The zero-order valence-electron chi connectivity index (χ0n) is 35.5. The Hall–Kier alpha value is -7.87. The third-order valence-electron chi connectivity index (χ3n) is 12.9. The fourth-order valence-corrected chi connectivity index (χ4v) is 10.1. The average molecular weight is 804 g/mol. The Balaban J connectivity index is 1.17. The predicted molar refractivity (Wildman–Crippen MR) is 272 cm³/mol. The van der Waals surface area contributed by atoms with E-state index in [1.54, 1.807) is 0 Å². The number of hydrogen-bond donors (Lipinski definition) is 0. The van der Waals surface area contributed by atoms with Gasteiger partial charge < -0.3 is 0 Å². The standard InChI is InChI=1S/C62H45N/c1-4-41(37-42-21-5-7-23-45(42)40(2)3)59-50-28-12-16-32-54(50)61(55-33-17-13-29-51(55)59)48-26-10-8-24-46(48)47-25-9-11-27-49(47)62-56-34-18-14-30-52(56)60(53-31-15-19-35-57(53)62)44-38-43-22-6-20-36-58(43)63-39-44/h4-40H,1H2,2-3H3/b41-37+. The van der Waals surface area contributed by atoms with Gasteiger partial charge >= 0.3 is 0 Å². The molecule has 0 saturated heterocycles. The van der Waals surface area contributed by atoms with Crippen LogP contribution in [0.2, 0.25) is 0 Å². The van der Waals surface area contributed by atoms with Gasteiger partial charge in [0.05, 0.1) is 5.52 Å². The number of pyridine rings is 1. The summed E-state index contributed by atoms with van der Waals surface area (Å²) in [7, 11) is 0. The molecule has 1 heteroatoms. The highest BCUT2D eigenvalue weighted by Crippen LogP contribution is 2.50. The van der Waals surface area contributed by atoms with Crippen LogP contribution in [0.4, 0.5) is 0 Å². The molecule has 11 aromatic rings. The van der Waals surface area contributed by atoms with Crippen LogP contribution >= 0.6 is 0 Å². The van der Waals surface area contributed by atoms with E-state index in [0.717, 1.165) is 22.0 Å². The molecule has 0 N–H and O–H groups in total. The number of aromatic nitrogens is 1. The Morgan fingerprint density at radius 2 is 0.857 bits per heavy atom. The lowest BCUT2D eigenvalue weighted by molar-refractivity contribution is 0.864. The minimum Gasteiger partial charge on any atom is -0.256 e. The quantitative estimate of drug-likeness (QED) is 0.0847. The van der Waals surface area contributed by atoms with Gasteiger partial charge in [-0.25, -0.2) is 0 Å². The monoisotopic (exact) mass is 803 g/mol. The fourth-order valence-electron chi connectivity index (χ4n) is 10.1. The van der Waals surface area contributed by atoms with Crippen LogP contribution in [0.1, 0.15) is 36.5 Å². The first kappa shape index (κ1) is 38.1. The molecule has 11 rings (SSSR count). The summed E-state index contributed by atoms with van der Waals surface area (Å²) in [6.07, 6.45) is 6.40. The van der Waals surface area contributed by atoms with Crippen molar-refractivity contribution in [2.24, 2.45) is 0 Å².